The SMILES string of the molecule is CC(C)c1ccc(C(=O)CS(=O)(=O)C(C)C(C)C)cc1. The summed E-state index contributed by atoms with van der Waals surface area (Å²) in [5, 5.41) is -0.499. The van der Waals surface area contributed by atoms with Crippen molar-refractivity contribution in [1.82, 2.24) is 0 Å². The van der Waals surface area contributed by atoms with E-state index in [1.807, 2.05) is 26.0 Å². The summed E-state index contributed by atoms with van der Waals surface area (Å²) in [5.41, 5.74) is 1.61. The minimum absolute atomic E-state index is 0.0103. The second-order valence-electron chi connectivity index (χ2n) is 5.96. The molecule has 3 nitrogen and oxygen atoms in total. The van der Waals surface area contributed by atoms with Crippen LogP contribution < -0.4 is 0 Å². The van der Waals surface area contributed by atoms with Gasteiger partial charge in [-0.15, -0.1) is 0 Å². The van der Waals surface area contributed by atoms with Crippen molar-refractivity contribution < 1.29 is 13.2 Å². The molecular weight excluding hydrogens is 272 g/mol. The van der Waals surface area contributed by atoms with Gasteiger partial charge in [-0.2, -0.15) is 0 Å². The van der Waals surface area contributed by atoms with Gasteiger partial charge in [-0.05, 0) is 24.3 Å². The minimum atomic E-state index is -3.38. The molecule has 0 aliphatic rings. The van der Waals surface area contributed by atoms with Crippen LogP contribution in [0.25, 0.3) is 0 Å². The molecule has 0 aromatic heterocycles. The zero-order valence-corrected chi connectivity index (χ0v) is 13.7. The van der Waals surface area contributed by atoms with Gasteiger partial charge in [-0.1, -0.05) is 52.0 Å². The average Bonchev–Trinajstić information content (AvgIpc) is 2.37. The summed E-state index contributed by atoms with van der Waals surface area (Å²) in [6, 6.07) is 7.20. The maximum atomic E-state index is 12.1. The number of hydrogen-bond acceptors (Lipinski definition) is 3. The summed E-state index contributed by atoms with van der Waals surface area (Å²) in [6.45, 7) is 9.51. The lowest BCUT2D eigenvalue weighted by molar-refractivity contribution is 0.102. The maximum Gasteiger partial charge on any atom is 0.177 e. The fourth-order valence-electron chi connectivity index (χ4n) is 1.87. The third-order valence-electron chi connectivity index (χ3n) is 3.74. The fourth-order valence-corrected chi connectivity index (χ4v) is 3.49. The Morgan fingerprint density at radius 3 is 1.90 bits per heavy atom. The van der Waals surface area contributed by atoms with E-state index in [1.54, 1.807) is 19.1 Å². The summed E-state index contributed by atoms with van der Waals surface area (Å²) < 4.78 is 24.2. The lowest BCUT2D eigenvalue weighted by Gasteiger charge is -2.15. The molecule has 112 valence electrons. The highest BCUT2D eigenvalue weighted by atomic mass is 32.2. The number of ketones is 1. The van der Waals surface area contributed by atoms with Crippen molar-refractivity contribution in [2.75, 3.05) is 5.75 Å². The largest absolute Gasteiger partial charge is 0.293 e. The van der Waals surface area contributed by atoms with Crippen LogP contribution in [0.1, 0.15) is 56.5 Å². The molecule has 0 aliphatic carbocycles. The van der Waals surface area contributed by atoms with Gasteiger partial charge in [-0.3, -0.25) is 4.79 Å². The Morgan fingerprint density at radius 2 is 1.50 bits per heavy atom. The van der Waals surface area contributed by atoms with Gasteiger partial charge in [0.2, 0.25) is 0 Å². The Balaban J connectivity index is 2.86. The molecule has 0 spiro atoms. The topological polar surface area (TPSA) is 51.2 Å². The number of hydrogen-bond donors (Lipinski definition) is 0. The Bertz CT molecular complexity index is 554. The zero-order valence-electron chi connectivity index (χ0n) is 12.9. The zero-order chi connectivity index (χ0) is 15.5. The Kier molecular flexibility index (Phi) is 5.51. The highest BCUT2D eigenvalue weighted by Crippen LogP contribution is 2.17. The second-order valence-corrected chi connectivity index (χ2v) is 8.31. The minimum Gasteiger partial charge on any atom is -0.293 e. The van der Waals surface area contributed by atoms with Crippen molar-refractivity contribution in [3.63, 3.8) is 0 Å². The van der Waals surface area contributed by atoms with Gasteiger partial charge < -0.3 is 0 Å². The van der Waals surface area contributed by atoms with E-state index in [4.69, 9.17) is 0 Å². The van der Waals surface area contributed by atoms with Crippen LogP contribution in [0.4, 0.5) is 0 Å². The van der Waals surface area contributed by atoms with E-state index in [0.29, 0.717) is 11.5 Å². The summed E-state index contributed by atoms with van der Waals surface area (Å²) in [6.07, 6.45) is 0. The third-order valence-corrected chi connectivity index (χ3v) is 6.08. The van der Waals surface area contributed by atoms with Crippen LogP contribution in [0, 0.1) is 5.92 Å². The average molecular weight is 296 g/mol. The van der Waals surface area contributed by atoms with Crippen molar-refractivity contribution in [3.8, 4) is 0 Å². The highest BCUT2D eigenvalue weighted by Gasteiger charge is 2.27. The summed E-state index contributed by atoms with van der Waals surface area (Å²) >= 11 is 0. The summed E-state index contributed by atoms with van der Waals surface area (Å²) in [7, 11) is -3.38. The summed E-state index contributed by atoms with van der Waals surface area (Å²) in [4.78, 5) is 12.1. The van der Waals surface area contributed by atoms with Crippen molar-refractivity contribution >= 4 is 15.6 Å². The predicted molar refractivity (Wildman–Crippen MR) is 82.9 cm³/mol. The van der Waals surface area contributed by atoms with Crippen molar-refractivity contribution in [1.29, 1.82) is 0 Å². The lowest BCUT2D eigenvalue weighted by Crippen LogP contribution is -2.29. The van der Waals surface area contributed by atoms with E-state index in [9.17, 15) is 13.2 Å². The molecule has 0 heterocycles. The van der Waals surface area contributed by atoms with E-state index in [0.717, 1.165) is 5.56 Å². The van der Waals surface area contributed by atoms with Crippen LogP contribution in [0.15, 0.2) is 24.3 Å². The van der Waals surface area contributed by atoms with Crippen LogP contribution in [-0.4, -0.2) is 25.2 Å². The molecule has 0 aliphatic heterocycles. The molecule has 1 aromatic carbocycles. The number of benzene rings is 1. The molecular formula is C16H24O3S. The molecule has 1 aromatic rings. The van der Waals surface area contributed by atoms with E-state index >= 15 is 0 Å². The van der Waals surface area contributed by atoms with Gasteiger partial charge in [0.15, 0.2) is 15.6 Å². The van der Waals surface area contributed by atoms with Crippen LogP contribution in [0.2, 0.25) is 0 Å². The quantitative estimate of drug-likeness (QED) is 0.755. The van der Waals surface area contributed by atoms with Gasteiger partial charge in [-0.25, -0.2) is 8.42 Å². The van der Waals surface area contributed by atoms with Crippen molar-refractivity contribution in [2.45, 2.75) is 45.8 Å². The Hall–Kier alpha value is -1.16. The molecule has 0 amide bonds. The standard InChI is InChI=1S/C16H24O3S/c1-11(2)13(5)20(18,19)10-16(17)15-8-6-14(7-9-15)12(3)4/h6-9,11-13H,10H2,1-5H3. The molecule has 0 radical (unpaired) electrons. The van der Waals surface area contributed by atoms with Crippen LogP contribution >= 0.6 is 0 Å². The Morgan fingerprint density at radius 1 is 1.00 bits per heavy atom. The van der Waals surface area contributed by atoms with Gasteiger partial charge in [0.1, 0.15) is 5.75 Å². The molecule has 1 rings (SSSR count). The highest BCUT2D eigenvalue weighted by molar-refractivity contribution is 7.92. The number of carbonyl (C=O) groups excluding carboxylic acids is 1. The van der Waals surface area contributed by atoms with E-state index in [2.05, 4.69) is 13.8 Å². The van der Waals surface area contributed by atoms with E-state index in [1.165, 1.54) is 0 Å². The maximum absolute atomic E-state index is 12.1. The van der Waals surface area contributed by atoms with Crippen molar-refractivity contribution in [3.05, 3.63) is 35.4 Å². The van der Waals surface area contributed by atoms with Crippen LogP contribution in [0.5, 0.6) is 0 Å². The number of Topliss-reactive ketones (excluding diaryl/α,β-unsaturated/α-hetero) is 1. The molecule has 4 heteroatoms. The first kappa shape index (κ1) is 16.9. The normalized spacial score (nSPS) is 13.8. The molecule has 0 bridgehead atoms. The number of carbonyl (C=O) groups is 1. The van der Waals surface area contributed by atoms with Crippen LogP contribution in [-0.2, 0) is 9.84 Å². The molecule has 0 N–H and O–H groups in total. The van der Waals surface area contributed by atoms with Crippen LogP contribution in [0.3, 0.4) is 0 Å². The third kappa shape index (κ3) is 4.17. The van der Waals surface area contributed by atoms with Gasteiger partial charge in [0.25, 0.3) is 0 Å². The van der Waals surface area contributed by atoms with E-state index < -0.39 is 20.8 Å². The first-order chi connectivity index (χ1) is 9.15. The molecule has 1 atom stereocenters. The van der Waals surface area contributed by atoms with E-state index in [-0.39, 0.29) is 11.7 Å². The molecule has 0 saturated carbocycles. The Labute approximate surface area is 122 Å². The fraction of sp³-hybridized carbons (Fsp3) is 0.562. The predicted octanol–water partition coefficient (Wildman–Crippen LogP) is 3.45. The lowest BCUT2D eigenvalue weighted by atomic mass is 10.0. The van der Waals surface area contributed by atoms with Gasteiger partial charge in [0.05, 0.1) is 5.25 Å². The first-order valence-corrected chi connectivity index (χ1v) is 8.71. The van der Waals surface area contributed by atoms with Crippen molar-refractivity contribution in [2.24, 2.45) is 5.92 Å². The monoisotopic (exact) mass is 296 g/mol. The van der Waals surface area contributed by atoms with Gasteiger partial charge in [0, 0.05) is 5.56 Å². The molecule has 0 saturated heterocycles. The molecule has 20 heavy (non-hydrogen) atoms. The smallest absolute Gasteiger partial charge is 0.177 e. The summed E-state index contributed by atoms with van der Waals surface area (Å²) in [5.74, 6) is -0.333. The molecule has 1 unspecified atom stereocenters. The number of sulfone groups is 1. The number of rotatable bonds is 6. The first-order valence-electron chi connectivity index (χ1n) is 7.00. The van der Waals surface area contributed by atoms with Gasteiger partial charge >= 0.3 is 0 Å². The second kappa shape index (κ2) is 6.53. The molecule has 0 fully saturated rings.